The number of hydrazone groups is 2. The van der Waals surface area contributed by atoms with Crippen LogP contribution < -0.4 is 21.1 Å². The van der Waals surface area contributed by atoms with E-state index in [0.717, 1.165) is 0 Å². The molecule has 3 aromatic rings. The van der Waals surface area contributed by atoms with Crippen LogP contribution in [-0.4, -0.2) is 37.8 Å². The van der Waals surface area contributed by atoms with E-state index in [4.69, 9.17) is 0 Å². The number of amides is 2. The van der Waals surface area contributed by atoms with Crippen LogP contribution in [0, 0.1) is 0 Å². The second-order valence-electron chi connectivity index (χ2n) is 6.72. The zero-order valence-corrected chi connectivity index (χ0v) is 19.8. The van der Waals surface area contributed by atoms with Crippen molar-refractivity contribution in [2.45, 2.75) is 13.8 Å². The van der Waals surface area contributed by atoms with Crippen LogP contribution in [0.5, 0.6) is 11.5 Å². The van der Waals surface area contributed by atoms with E-state index >= 15 is 0 Å². The predicted octanol–water partition coefficient (Wildman–Crippen LogP) is 1.64. The zero-order chi connectivity index (χ0) is 25.1. The van der Waals surface area contributed by atoms with Crippen molar-refractivity contribution in [1.29, 1.82) is 0 Å². The average Bonchev–Trinajstić information content (AvgIpc) is 2.87. The molecule has 0 bridgehead atoms. The van der Waals surface area contributed by atoms with Crippen molar-refractivity contribution in [3.05, 3.63) is 89.2 Å². The van der Waals surface area contributed by atoms with Crippen molar-refractivity contribution in [1.82, 2.24) is 15.8 Å². The van der Waals surface area contributed by atoms with Crippen LogP contribution in [0.4, 0.5) is 0 Å². The molecule has 3 rings (SSSR count). The summed E-state index contributed by atoms with van der Waals surface area (Å²) >= 11 is 3.66. The topological polar surface area (TPSA) is 151 Å². The summed E-state index contributed by atoms with van der Waals surface area (Å²) in [4.78, 5) is 24.6. The van der Waals surface area contributed by atoms with Gasteiger partial charge in [0.25, 0.3) is 0 Å². The third kappa shape index (κ3) is 7.14. The van der Waals surface area contributed by atoms with Gasteiger partial charge in [0.2, 0.25) is 0 Å². The summed E-state index contributed by atoms with van der Waals surface area (Å²) in [7, 11) is 4.20. The number of hydrogen-bond donors (Lipinski definition) is 2. The summed E-state index contributed by atoms with van der Waals surface area (Å²) < 4.78 is 0. The number of pyridine rings is 1. The Labute approximate surface area is 208 Å². The van der Waals surface area contributed by atoms with E-state index in [2.05, 4.69) is 51.2 Å². The number of benzene rings is 2. The molecule has 0 aliphatic heterocycles. The molecule has 0 spiro atoms. The summed E-state index contributed by atoms with van der Waals surface area (Å²) in [6.07, 6.45) is 0. The SMILES string of the molecule is CC(=NNC(=[OH+])c1ccccc1[O-])c1cccc(C(C)=NNC(=[OH+])c2ccccc2[O-])n1.[Cl][Cu+]. The fraction of sp³-hybridized carbons (Fsp3) is 0.0870. The quantitative estimate of drug-likeness (QED) is 0.216. The third-order valence-corrected chi connectivity index (χ3v) is 4.43. The molecule has 34 heavy (non-hydrogen) atoms. The average molecular weight is 530 g/mol. The minimum absolute atomic E-state index is 0.107. The van der Waals surface area contributed by atoms with Gasteiger partial charge >= 0.3 is 37.0 Å². The summed E-state index contributed by atoms with van der Waals surface area (Å²) in [5.74, 6) is -1.38. The van der Waals surface area contributed by atoms with E-state index in [1.54, 1.807) is 56.3 Å². The van der Waals surface area contributed by atoms with Crippen LogP contribution in [0.2, 0.25) is 0 Å². The summed E-state index contributed by atoms with van der Waals surface area (Å²) in [6.45, 7) is 3.37. The first-order chi connectivity index (χ1) is 16.4. The fourth-order valence-corrected chi connectivity index (χ4v) is 2.67. The number of nitrogens with one attached hydrogen (secondary N) is 2. The molecule has 1 aromatic heterocycles. The number of rotatable bonds is 6. The van der Waals surface area contributed by atoms with Gasteiger partial charge in [0.05, 0.1) is 33.9 Å². The monoisotopic (exact) mass is 529 g/mol. The summed E-state index contributed by atoms with van der Waals surface area (Å²) in [5, 5.41) is 31.7. The molecule has 4 N–H and O–H groups in total. The first-order valence-electron chi connectivity index (χ1n) is 9.71. The maximum absolute atomic E-state index is 11.8. The van der Waals surface area contributed by atoms with Crippen LogP contribution in [0.1, 0.15) is 36.4 Å². The van der Waals surface area contributed by atoms with Crippen LogP contribution in [0.15, 0.2) is 76.9 Å². The van der Waals surface area contributed by atoms with E-state index in [1.807, 2.05) is 0 Å². The zero-order valence-electron chi connectivity index (χ0n) is 18.1. The van der Waals surface area contributed by atoms with Gasteiger partial charge in [-0.2, -0.15) is 21.1 Å². The van der Waals surface area contributed by atoms with Gasteiger partial charge in [-0.3, -0.25) is 9.59 Å². The first-order valence-corrected chi connectivity index (χ1v) is 11.0. The van der Waals surface area contributed by atoms with Crippen molar-refractivity contribution in [3.63, 3.8) is 0 Å². The Hall–Kier alpha value is -3.72. The molecule has 9 nitrogen and oxygen atoms in total. The number of hydrogen-bond acceptors (Lipinski definition) is 5. The van der Waals surface area contributed by atoms with Gasteiger partial charge in [0.15, 0.2) is 0 Å². The van der Waals surface area contributed by atoms with Gasteiger partial charge in [-0.25, -0.2) is 4.98 Å². The van der Waals surface area contributed by atoms with E-state index < -0.39 is 0 Å². The van der Waals surface area contributed by atoms with Gasteiger partial charge in [-0.15, -0.1) is 0 Å². The molecule has 2 aromatic carbocycles. The molecular weight excluding hydrogens is 509 g/mol. The molecule has 0 aliphatic carbocycles. The Kier molecular flexibility index (Phi) is 10.2. The number of nitrogens with zero attached hydrogens (tertiary/aromatic N) is 3. The standard InChI is InChI=1S/C23H21N5O4.ClH.Cu/c1-14(25-27-22(31)16-8-3-5-12-20(16)29)18-10-7-11-19(24-18)15(2)26-28-23(32)17-9-4-6-13-21(17)30;;/h3-13,29-30H,1-2H3,(H,27,31)(H,28,32);1H;/q;;+2/p-1. The normalized spacial score (nSPS) is 11.2. The molecule has 0 aliphatic rings. The number of aromatic nitrogens is 1. The molecule has 0 saturated heterocycles. The number of para-hydroxylation sites is 2. The van der Waals surface area contributed by atoms with Gasteiger partial charge in [0.1, 0.15) is 0 Å². The summed E-state index contributed by atoms with van der Waals surface area (Å²) in [5.41, 5.74) is 7.06. The minimum atomic E-state index is -0.363. The number of carbonyl (C=O) groups excluding carboxylic acids is 2. The Morgan fingerprint density at radius 2 is 1.12 bits per heavy atom. The summed E-state index contributed by atoms with van der Waals surface area (Å²) in [6, 6.07) is 17.3. The fourth-order valence-electron chi connectivity index (χ4n) is 2.67. The Morgan fingerprint density at radius 1 is 0.735 bits per heavy atom. The van der Waals surface area contributed by atoms with Gasteiger partial charge in [-0.05, 0) is 38.1 Å². The van der Waals surface area contributed by atoms with Gasteiger partial charge in [0, 0.05) is 0 Å². The van der Waals surface area contributed by atoms with Crippen molar-refractivity contribution in [2.24, 2.45) is 10.2 Å². The molecule has 179 valence electrons. The van der Waals surface area contributed by atoms with Crippen LogP contribution in [0.25, 0.3) is 0 Å². The Morgan fingerprint density at radius 3 is 1.50 bits per heavy atom. The maximum atomic E-state index is 11.8. The number of halogens is 1. The molecule has 0 unspecified atom stereocenters. The first kappa shape index (κ1) is 26.5. The van der Waals surface area contributed by atoms with E-state index in [0.29, 0.717) is 22.8 Å². The van der Waals surface area contributed by atoms with Gasteiger partial charge in [-0.1, -0.05) is 54.0 Å². The predicted molar refractivity (Wildman–Crippen MR) is 125 cm³/mol. The van der Waals surface area contributed by atoms with Crippen molar-refractivity contribution >= 4 is 33.3 Å². The van der Waals surface area contributed by atoms with Gasteiger partial charge < -0.3 is 10.2 Å². The van der Waals surface area contributed by atoms with Crippen molar-refractivity contribution in [2.75, 3.05) is 0 Å². The van der Waals surface area contributed by atoms with E-state index in [1.165, 1.54) is 24.3 Å². The van der Waals surface area contributed by atoms with E-state index in [-0.39, 0.29) is 34.4 Å². The van der Waals surface area contributed by atoms with Crippen molar-refractivity contribution < 1.29 is 34.9 Å². The molecule has 1 heterocycles. The van der Waals surface area contributed by atoms with E-state index in [9.17, 15) is 19.8 Å². The van der Waals surface area contributed by atoms with Crippen LogP contribution in [-0.2, 0) is 15.1 Å². The molecule has 11 heteroatoms. The molecule has 2 amide bonds. The molecule has 0 fully saturated rings. The second kappa shape index (κ2) is 13.1. The molecular formula is C23H21ClCuN5O4+. The third-order valence-electron chi connectivity index (χ3n) is 4.43. The van der Waals surface area contributed by atoms with Crippen LogP contribution >= 0.6 is 10.1 Å². The molecule has 0 saturated carbocycles. The second-order valence-corrected chi connectivity index (χ2v) is 6.72. The van der Waals surface area contributed by atoms with Crippen molar-refractivity contribution in [3.8, 4) is 11.5 Å². The Bertz CT molecular complexity index is 1140. The van der Waals surface area contributed by atoms with Crippen LogP contribution in [0.3, 0.4) is 0 Å². The molecule has 0 atom stereocenters. The molecule has 0 radical (unpaired) electrons. The Balaban J connectivity index is 0.00000199.